The number of fused-ring (bicyclic) bond motifs is 6. The van der Waals surface area contributed by atoms with Gasteiger partial charge < -0.3 is 113 Å². The number of aliphatic hydroxyl groups excluding tert-OH is 4. The maximum Gasteiger partial charge on any atom is 0.324 e. The Kier molecular flexibility index (Phi) is 48.5. The van der Waals surface area contributed by atoms with Crippen LogP contribution in [0.1, 0.15) is 117 Å². The molecule has 4 aromatic carbocycles. The number of rotatable bonds is 26. The van der Waals surface area contributed by atoms with Gasteiger partial charge in [0.2, 0.25) is 68.1 Å². The molecule has 47 heteroatoms. The maximum absolute atomic E-state index is 11.8. The highest BCUT2D eigenvalue weighted by atomic mass is 35.5. The highest BCUT2D eigenvalue weighted by molar-refractivity contribution is 6.33. The SMILES string of the molecule is CC(C)(C)OC(=O)CCCN.CCO.CCOc1nc(NCCCC(=O)OC(C)(C)C)nc(Nc2cccc(CO)c2)n1.CCOc1nc(NCCN)nc(Nc2cccc(CO)c2)n1.CCOc1nc2nc(n1)Nc1cccc(c1)COc1nc(nc(OC)n1)NCCN2.COc1nc(Cl)nc(Cl)n1.Clc1nc(Cl)nc(Cl)n1.Nc1cccc(CO)c1. The minimum atomic E-state index is -0.487. The molecule has 123 heavy (non-hydrogen) atoms. The number of nitrogen functional groups attached to an aromatic ring is 1. The molecule has 1 aliphatic rings. The number of nitrogens with one attached hydrogen (secondary N) is 7. The molecule has 0 fully saturated rings. The average Bonchev–Trinajstić information content (AvgIpc) is 0.850. The van der Waals surface area contributed by atoms with Gasteiger partial charge in [-0.05, 0) is 217 Å². The van der Waals surface area contributed by atoms with Gasteiger partial charge in [-0.25, -0.2) is 0 Å². The summed E-state index contributed by atoms with van der Waals surface area (Å²) in [4.78, 5) is 94.7. The first-order chi connectivity index (χ1) is 58.8. The number of halogens is 5. The van der Waals surface area contributed by atoms with E-state index in [1.54, 1.807) is 25.1 Å². The van der Waals surface area contributed by atoms with Crippen LogP contribution in [0, 0.1) is 0 Å². The van der Waals surface area contributed by atoms with Crippen LogP contribution in [0.15, 0.2) is 97.1 Å². The number of hydrogen-bond acceptors (Lipinski definition) is 42. The summed E-state index contributed by atoms with van der Waals surface area (Å²) in [5.41, 5.74) is 21.6. The van der Waals surface area contributed by atoms with Crippen LogP contribution in [0.4, 0.5) is 64.4 Å². The predicted octanol–water partition coefficient (Wildman–Crippen LogP) is 10.4. The fourth-order valence-corrected chi connectivity index (χ4v) is 9.75. The van der Waals surface area contributed by atoms with Crippen LogP contribution >= 0.6 is 58.0 Å². The van der Waals surface area contributed by atoms with E-state index in [2.05, 4.69) is 132 Å². The van der Waals surface area contributed by atoms with E-state index in [1.165, 1.54) is 14.2 Å². The quantitative estimate of drug-likeness (QED) is 0.0136. The van der Waals surface area contributed by atoms with Crippen molar-refractivity contribution < 1.29 is 67.9 Å². The monoisotopic (exact) mass is 1810 g/mol. The molecular weight excluding hydrogens is 1710 g/mol. The Labute approximate surface area is 736 Å². The number of ether oxygens (including phenoxy) is 8. The van der Waals surface area contributed by atoms with Crippen molar-refractivity contribution in [3.63, 3.8) is 0 Å². The summed E-state index contributed by atoms with van der Waals surface area (Å²) in [6, 6.07) is 30.6. The van der Waals surface area contributed by atoms with Gasteiger partial charge in [0, 0.05) is 74.9 Å². The summed E-state index contributed by atoms with van der Waals surface area (Å²) in [5.74, 6) is 2.10. The highest BCUT2D eigenvalue weighted by Gasteiger charge is 2.19. The largest absolute Gasteiger partial charge is 0.467 e. The highest BCUT2D eigenvalue weighted by Crippen LogP contribution is 2.24. The lowest BCUT2D eigenvalue weighted by atomic mass is 10.2. The van der Waals surface area contributed by atoms with Gasteiger partial charge in [-0.3, -0.25) is 9.59 Å². The van der Waals surface area contributed by atoms with Crippen LogP contribution in [0.5, 0.6) is 36.1 Å². The van der Waals surface area contributed by atoms with E-state index in [9.17, 15) is 19.8 Å². The number of methoxy groups -OCH3 is 2. The van der Waals surface area contributed by atoms with Crippen molar-refractivity contribution in [1.82, 2.24) is 89.7 Å². The third-order valence-electron chi connectivity index (χ3n) is 13.5. The molecule has 0 saturated heterocycles. The molecule has 42 nitrogen and oxygen atoms in total. The number of benzene rings is 4. The van der Waals surface area contributed by atoms with Crippen LogP contribution < -0.4 is 82.8 Å². The normalized spacial score (nSPS) is 11.0. The number of carbonyl (C=O) groups excluding carboxylic acids is 2. The molecule has 668 valence electrons. The fraction of sp³-hybridized carbons (Fsp3) is 0.421. The molecule has 0 aliphatic carbocycles. The number of esters is 2. The second-order valence-electron chi connectivity index (χ2n) is 26.0. The lowest BCUT2D eigenvalue weighted by Gasteiger charge is -2.19. The van der Waals surface area contributed by atoms with Gasteiger partial charge in [-0.15, -0.1) is 4.98 Å². The number of anilines is 11. The number of nitrogens with zero attached hydrogens (tertiary/aromatic N) is 18. The zero-order chi connectivity index (χ0) is 90.5. The molecule has 0 radical (unpaired) electrons. The van der Waals surface area contributed by atoms with Gasteiger partial charge in [-0.2, -0.15) is 84.7 Å². The Bertz CT molecular complexity index is 4700. The third kappa shape index (κ3) is 45.7. The van der Waals surface area contributed by atoms with Crippen LogP contribution in [0.2, 0.25) is 26.4 Å². The van der Waals surface area contributed by atoms with E-state index in [0.29, 0.717) is 132 Å². The molecule has 6 aromatic heterocycles. The first-order valence-corrected chi connectivity index (χ1v) is 39.8. The summed E-state index contributed by atoms with van der Waals surface area (Å²) in [5, 5.41) is 56.3. The Morgan fingerprint density at radius 3 is 1.33 bits per heavy atom. The van der Waals surface area contributed by atoms with Crippen molar-refractivity contribution in [2.45, 2.75) is 133 Å². The number of nitrogens with two attached hydrogens (primary N) is 3. The zero-order valence-corrected chi connectivity index (χ0v) is 73.8. The summed E-state index contributed by atoms with van der Waals surface area (Å²) < 4.78 is 42.1. The Hall–Kier alpha value is -11.7. The fourth-order valence-electron chi connectivity index (χ4n) is 8.79. The van der Waals surface area contributed by atoms with E-state index < -0.39 is 5.60 Å². The molecule has 7 heterocycles. The predicted molar refractivity (Wildman–Crippen MR) is 468 cm³/mol. The summed E-state index contributed by atoms with van der Waals surface area (Å²) >= 11 is 26.8. The Balaban J connectivity index is 0.000000316. The molecule has 1 aliphatic heterocycles. The van der Waals surface area contributed by atoms with Crippen molar-refractivity contribution in [3.05, 3.63) is 146 Å². The maximum atomic E-state index is 11.8. The van der Waals surface area contributed by atoms with Crippen LogP contribution in [0.25, 0.3) is 0 Å². The molecule has 0 atom stereocenters. The minimum absolute atomic E-state index is 0.000000000000000444. The van der Waals surface area contributed by atoms with Crippen molar-refractivity contribution in [3.8, 4) is 36.1 Å². The van der Waals surface area contributed by atoms with E-state index >= 15 is 0 Å². The lowest BCUT2D eigenvalue weighted by Crippen LogP contribution is -2.24. The number of aromatic nitrogens is 18. The van der Waals surface area contributed by atoms with Gasteiger partial charge in [0.05, 0.1) is 53.9 Å². The van der Waals surface area contributed by atoms with Crippen molar-refractivity contribution in [2.75, 3.05) is 123 Å². The van der Waals surface area contributed by atoms with E-state index in [1.807, 2.05) is 141 Å². The van der Waals surface area contributed by atoms with Crippen LogP contribution in [0.3, 0.4) is 0 Å². The van der Waals surface area contributed by atoms with E-state index in [0.717, 1.165) is 39.3 Å². The van der Waals surface area contributed by atoms with E-state index in [-0.39, 0.29) is 113 Å². The van der Waals surface area contributed by atoms with E-state index in [4.69, 9.17) is 119 Å². The molecular formula is C76H105Cl5N28O14. The molecule has 17 N–H and O–H groups in total. The second-order valence-corrected chi connectivity index (χ2v) is 27.7. The first kappa shape index (κ1) is 104. The van der Waals surface area contributed by atoms with Crippen molar-refractivity contribution in [2.24, 2.45) is 11.5 Å². The smallest absolute Gasteiger partial charge is 0.324 e. The molecule has 6 bridgehead atoms. The second kappa shape index (κ2) is 57.6. The van der Waals surface area contributed by atoms with Gasteiger partial charge in [0.25, 0.3) is 0 Å². The molecule has 0 unspecified atom stereocenters. The summed E-state index contributed by atoms with van der Waals surface area (Å²) in [6.45, 7) is 23.2. The third-order valence-corrected chi connectivity index (χ3v) is 14.4. The minimum Gasteiger partial charge on any atom is -0.467 e. The summed E-state index contributed by atoms with van der Waals surface area (Å²) in [6.07, 6.45) is 2.00. The Morgan fingerprint density at radius 1 is 0.463 bits per heavy atom. The van der Waals surface area contributed by atoms with Crippen molar-refractivity contribution in [1.29, 1.82) is 0 Å². The number of carbonyl (C=O) groups is 2. The summed E-state index contributed by atoms with van der Waals surface area (Å²) in [7, 11) is 2.90. The molecule has 0 spiro atoms. The van der Waals surface area contributed by atoms with Gasteiger partial charge in [-0.1, -0.05) is 48.5 Å². The van der Waals surface area contributed by atoms with Crippen molar-refractivity contribution >= 4 is 134 Å². The zero-order valence-electron chi connectivity index (χ0n) is 70.0. The molecule has 0 amide bonds. The standard InChI is InChI=1S/C20H29N5O4.C18H21N9O3.C14H20N6O2.C8H17NO2.C7H9NO.C4H3Cl2N3O.C3Cl3N3.C2H6O/c1-5-28-19-24-17(21-11-7-10-16(27)29-20(2,3)4)23-18(25-19)22-15-9-6-8-14(12-15)13-26;1-3-29-17-24-13-19-7-8-20-14-23-16(28-2)27-18(25-14)30-10-11-5-4-6-12(9-11)21-15(22-13)26-17;1-2-22-14-19-12(16-7-6-15)18-13(20-14)17-11-5-3-4-10(8-11)9-21;1-8(2,3)11-7(10)5-4-6-9;8-7-3-1-2-6(4-7)5-9;1-10-4-8-2(5)7-3(6)9-4;4-1-7-2(5)9-3(6)8-1;1-2-3/h6,8-9,12,26H,5,7,10-11,13H2,1-4H3,(H2,21,22,23,24,25);4-6,9H,3,7-8,10H2,1-2H3,(H,20,23,25,27)(H2,19,21,22,24,26);3-5,8,21H,2,6-7,9,15H2,1H3,(H2,16,17,18,19,20);4-6,9H2,1-3H3;1-4,9H,5,8H2;1H3;;3H,2H2,1H3. The molecule has 11 rings (SSSR count). The first-order valence-electron chi connectivity index (χ1n) is 37.9. The molecule has 0 saturated carbocycles. The number of aliphatic hydroxyl groups is 4. The van der Waals surface area contributed by atoms with Gasteiger partial charge >= 0.3 is 48.0 Å². The number of hydrogen-bond donors (Lipinski definition) is 14. The molecule has 10 aromatic rings. The van der Waals surface area contributed by atoms with Gasteiger partial charge in [0.15, 0.2) is 0 Å². The topological polar surface area (TPSA) is 583 Å². The van der Waals surface area contributed by atoms with Crippen LogP contribution in [-0.2, 0) is 45.5 Å². The average molecular weight is 1810 g/mol. The van der Waals surface area contributed by atoms with Gasteiger partial charge in [0.1, 0.15) is 17.8 Å². The lowest BCUT2D eigenvalue weighted by molar-refractivity contribution is -0.156. The Morgan fingerprint density at radius 2 is 0.878 bits per heavy atom. The van der Waals surface area contributed by atoms with Crippen LogP contribution in [-0.4, -0.2) is 213 Å².